The summed E-state index contributed by atoms with van der Waals surface area (Å²) in [5, 5.41) is 31.5. The Kier molecular flexibility index (Phi) is 19.7. The van der Waals surface area contributed by atoms with E-state index in [1.807, 2.05) is 36.4 Å². The number of nitrogens with zero attached hydrogens (tertiary/aromatic N) is 12. The highest BCUT2D eigenvalue weighted by molar-refractivity contribution is 9.10. The molecule has 121 heavy (non-hydrogen) atoms. The van der Waals surface area contributed by atoms with E-state index in [-0.39, 0.29) is 95.6 Å². The van der Waals surface area contributed by atoms with Gasteiger partial charge in [-0.3, -0.25) is 19.2 Å². The smallest absolute Gasteiger partial charge is 0.301 e. The Morgan fingerprint density at radius 1 is 0.306 bits per heavy atom. The van der Waals surface area contributed by atoms with E-state index in [9.17, 15) is 82.4 Å². The molecule has 2 aliphatic rings. The molecular weight excluding hydrogens is 1710 g/mol. The molecule has 17 aromatic rings. The SMILES string of the molecule is O=c1c2cc(-c3ccc(C(F)(F)F)cc3)ccc2c2nc3c(=O)c4cc(-c5ccc(C(F)(F)F)cc5)ccc4c3nc12.O=c1c2cc(Br)ccc2c2nc3c(=O)c4cc(Br)ccc4c3nc12.[C-]#[N+]/C(C#N)=C1/c2cc(-c3ccc(C(F)(F)F)cc3)ccc2-c2nc3c(nc21)-c1ccc(-c2ccc(C(F)(F)F)cc2)cc1/C3=C(/C#N)[N+]#[C-].[C-]#[N+]CC#N. The van der Waals surface area contributed by atoms with Crippen LogP contribution in [0.15, 0.2) is 246 Å². The van der Waals surface area contributed by atoms with Gasteiger partial charge in [0.2, 0.25) is 21.7 Å². The van der Waals surface area contributed by atoms with Crippen LogP contribution in [-0.2, 0) is 24.7 Å². The fraction of sp³-hybridized carbons (Fsp3) is 0.0549. The lowest BCUT2D eigenvalue weighted by Gasteiger charge is -2.10. The maximum atomic E-state index is 13.4. The van der Waals surface area contributed by atoms with E-state index in [0.29, 0.717) is 110 Å². The molecule has 3 heterocycles. The molecule has 0 fully saturated rings. The molecule has 19 rings (SSSR count). The van der Waals surface area contributed by atoms with Gasteiger partial charge in [-0.25, -0.2) is 56.7 Å². The molecule has 0 aliphatic heterocycles. The summed E-state index contributed by atoms with van der Waals surface area (Å²) in [6.45, 7) is 21.4. The van der Waals surface area contributed by atoms with Crippen molar-refractivity contribution in [2.45, 2.75) is 24.7 Å². The molecule has 0 saturated carbocycles. The van der Waals surface area contributed by atoms with Gasteiger partial charge < -0.3 is 4.85 Å². The van der Waals surface area contributed by atoms with Gasteiger partial charge in [0.15, 0.2) is 0 Å². The first-order valence-electron chi connectivity index (χ1n) is 35.3. The third-order valence-corrected chi connectivity index (χ3v) is 21.3. The van der Waals surface area contributed by atoms with Gasteiger partial charge in [-0.15, -0.1) is 0 Å². The zero-order valence-corrected chi connectivity index (χ0v) is 63.8. The lowest BCUT2D eigenvalue weighted by molar-refractivity contribution is -0.138. The van der Waals surface area contributed by atoms with Crippen LogP contribution in [0.25, 0.3) is 180 Å². The lowest BCUT2D eigenvalue weighted by Crippen LogP contribution is -2.04. The van der Waals surface area contributed by atoms with Gasteiger partial charge in [0, 0.05) is 74.3 Å². The minimum Gasteiger partial charge on any atom is -0.301 e. The van der Waals surface area contributed by atoms with Crippen molar-refractivity contribution in [3.63, 3.8) is 0 Å². The zero-order chi connectivity index (χ0) is 85.8. The normalized spacial score (nSPS) is 13.0. The Hall–Kier alpha value is -15.3. The summed E-state index contributed by atoms with van der Waals surface area (Å²) in [6, 6.07) is 54.3. The van der Waals surface area contributed by atoms with Gasteiger partial charge in [-0.2, -0.15) is 57.9 Å². The first kappa shape index (κ1) is 79.5. The third kappa shape index (κ3) is 14.0. The predicted octanol–water partition coefficient (Wildman–Crippen LogP) is 22.9. The van der Waals surface area contributed by atoms with Crippen LogP contribution in [-0.4, -0.2) is 36.4 Å². The molecule has 0 atom stereocenters. The van der Waals surface area contributed by atoms with Crippen molar-refractivity contribution in [1.29, 1.82) is 15.8 Å². The second-order valence-electron chi connectivity index (χ2n) is 27.3. The second-order valence-corrected chi connectivity index (χ2v) is 29.1. The van der Waals surface area contributed by atoms with E-state index in [1.54, 1.807) is 91.0 Å². The Morgan fingerprint density at radius 3 is 0.810 bits per heavy atom. The van der Waals surface area contributed by atoms with Crippen LogP contribution in [0.3, 0.4) is 0 Å². The Balaban J connectivity index is 0.000000138. The minimum atomic E-state index is -4.52. The molecular formula is C91H36Br2F12N12O4. The molecule has 14 aromatic carbocycles. The quantitative estimate of drug-likeness (QED) is 0.0691. The molecule has 16 nitrogen and oxygen atoms in total. The van der Waals surface area contributed by atoms with E-state index in [2.05, 4.69) is 66.3 Å². The number of hydrogen-bond donors (Lipinski definition) is 0. The summed E-state index contributed by atoms with van der Waals surface area (Å²) in [5.74, 6) is 0. The standard InChI is InChI=1S/C38H14F6N6.C32H14F6N2O2.C18H6Br2N2O2.C3H2N2/c1-47-29(17-45)31-27-15-21(19-3-9-23(10-4-19)37(39,40)41)7-13-25(27)33-35(31)49-34-26-14-8-22(20-5-11-24(12-6-20)38(42,43)44)16-28(26)32(36(34)50-33)30(18-46)48-2;33-31(34,35)19-7-1-15(2-8-19)17-5-11-21-23(13-17)29(41)27-25(21)39-28-26(40-27)22-12-6-18(14-24(22)30(28)42)16-3-9-20(10-4-16)32(36,37)38;19-7-1-3-9-11(5-7)17(23)15-13(9)21-16-14(22-15)10-4-2-8(20)6-12(10)18(16)24;1-5-3-2-4/h3-16H;1-14H;1-6H;3H2/b31-29-,32-30+;;;. The Bertz CT molecular complexity index is 7430. The van der Waals surface area contributed by atoms with Crippen LogP contribution in [0.4, 0.5) is 52.7 Å². The molecule has 30 heteroatoms. The molecule has 0 amide bonds. The van der Waals surface area contributed by atoms with Gasteiger partial charge in [0.1, 0.15) is 50.2 Å². The fourth-order valence-corrected chi connectivity index (χ4v) is 15.4. The second kappa shape index (κ2) is 30.0. The number of allylic oxidation sites excluding steroid dienone is 2. The number of nitriles is 3. The van der Waals surface area contributed by atoms with Crippen molar-refractivity contribution in [3.8, 4) is 85.2 Å². The van der Waals surface area contributed by atoms with Crippen molar-refractivity contribution >= 4 is 130 Å². The average Bonchev–Trinajstić information content (AvgIpc) is 1.66. The highest BCUT2D eigenvalue weighted by Gasteiger charge is 2.39. The Labute approximate surface area is 687 Å². The maximum Gasteiger partial charge on any atom is 0.416 e. The van der Waals surface area contributed by atoms with Gasteiger partial charge in [0.25, 0.3) is 17.9 Å². The van der Waals surface area contributed by atoms with Crippen molar-refractivity contribution in [3.05, 3.63) is 347 Å². The molecule has 0 saturated heterocycles. The fourth-order valence-electron chi connectivity index (χ4n) is 14.7. The first-order valence-corrected chi connectivity index (χ1v) is 36.9. The van der Waals surface area contributed by atoms with Crippen molar-refractivity contribution in [2.24, 2.45) is 0 Å². The summed E-state index contributed by atoms with van der Waals surface area (Å²) in [5.41, 5.74) is 4.22. The number of rotatable bonds is 4. The topological polar surface area (TPSA) is 230 Å². The van der Waals surface area contributed by atoms with Crippen LogP contribution >= 0.6 is 31.9 Å². The zero-order valence-electron chi connectivity index (χ0n) is 60.6. The Morgan fingerprint density at radius 2 is 0.562 bits per heavy atom. The highest BCUT2D eigenvalue weighted by atomic mass is 79.9. The third-order valence-electron chi connectivity index (χ3n) is 20.4. The number of benzene rings is 10. The van der Waals surface area contributed by atoms with E-state index < -0.39 is 57.8 Å². The summed E-state index contributed by atoms with van der Waals surface area (Å²) in [4.78, 5) is 89.5. The van der Waals surface area contributed by atoms with Gasteiger partial charge in [-0.1, -0.05) is 141 Å². The summed E-state index contributed by atoms with van der Waals surface area (Å²) >= 11 is 6.75. The molecule has 3 aromatic heterocycles. The van der Waals surface area contributed by atoms with Gasteiger partial charge in [-0.05, 0) is 153 Å². The number of fused-ring (bicyclic) bond motifs is 18. The molecule has 0 unspecified atom stereocenters. The van der Waals surface area contributed by atoms with Crippen LogP contribution in [0.1, 0.15) is 44.8 Å². The first-order chi connectivity index (χ1) is 57.7. The van der Waals surface area contributed by atoms with Crippen LogP contribution < -0.4 is 21.7 Å². The molecule has 0 radical (unpaired) electrons. The number of hydrogen-bond acceptors (Lipinski definition) is 13. The van der Waals surface area contributed by atoms with Gasteiger partial charge in [0.05, 0.1) is 70.3 Å². The monoisotopic (exact) mass is 1750 g/mol. The molecule has 0 N–H and O–H groups in total. The highest BCUT2D eigenvalue weighted by Crippen LogP contribution is 2.52. The summed E-state index contributed by atoms with van der Waals surface area (Å²) in [7, 11) is 0. The minimum absolute atomic E-state index is 0.0139. The van der Waals surface area contributed by atoms with Crippen molar-refractivity contribution < 1.29 is 52.7 Å². The van der Waals surface area contributed by atoms with E-state index in [0.717, 1.165) is 68.2 Å². The molecule has 2 aliphatic carbocycles. The predicted molar refractivity (Wildman–Crippen MR) is 438 cm³/mol. The largest absolute Gasteiger partial charge is 0.416 e. The summed E-state index contributed by atoms with van der Waals surface area (Å²) < 4.78 is 158. The van der Waals surface area contributed by atoms with Gasteiger partial charge >= 0.3 is 24.7 Å². The van der Waals surface area contributed by atoms with E-state index in [1.165, 1.54) is 48.5 Å². The molecule has 0 bridgehead atoms. The summed E-state index contributed by atoms with van der Waals surface area (Å²) in [6.07, 6.45) is -18.0. The number of halogens is 14. The van der Waals surface area contributed by atoms with Crippen LogP contribution in [0, 0.1) is 53.7 Å². The van der Waals surface area contributed by atoms with E-state index in [4.69, 9.17) is 34.9 Å². The lowest BCUT2D eigenvalue weighted by atomic mass is 9.96. The van der Waals surface area contributed by atoms with E-state index >= 15 is 0 Å². The molecule has 582 valence electrons. The van der Waals surface area contributed by atoms with Crippen LogP contribution in [0.2, 0.25) is 0 Å². The average molecular weight is 1750 g/mol. The maximum absolute atomic E-state index is 13.4. The van der Waals surface area contributed by atoms with Crippen LogP contribution in [0.5, 0.6) is 0 Å². The van der Waals surface area contributed by atoms with Crippen molar-refractivity contribution in [2.75, 3.05) is 6.54 Å². The number of aromatic nitrogens is 6. The van der Waals surface area contributed by atoms with Crippen molar-refractivity contribution in [1.82, 2.24) is 29.9 Å². The molecule has 0 spiro atoms. The number of alkyl halides is 12.